The van der Waals surface area contributed by atoms with Crippen molar-refractivity contribution in [3.63, 3.8) is 0 Å². The van der Waals surface area contributed by atoms with Gasteiger partial charge in [0.2, 0.25) is 0 Å². The van der Waals surface area contributed by atoms with Gasteiger partial charge in [-0.1, -0.05) is 146 Å². The van der Waals surface area contributed by atoms with Gasteiger partial charge in [-0.25, -0.2) is 0 Å². The van der Waals surface area contributed by atoms with Gasteiger partial charge in [0.25, 0.3) is 0 Å². The topological polar surface area (TPSA) is 17.4 Å². The van der Waals surface area contributed by atoms with Crippen LogP contribution in [0, 0.1) is 0 Å². The molecule has 294 valence electrons. The van der Waals surface area contributed by atoms with Crippen LogP contribution in [0.3, 0.4) is 0 Å². The van der Waals surface area contributed by atoms with Gasteiger partial charge in [0.1, 0.15) is 5.75 Å². The maximum atomic E-state index is 12.8. The van der Waals surface area contributed by atoms with Crippen molar-refractivity contribution in [3.05, 3.63) is 224 Å². The average molecular weight is 799 g/mol. The quantitative estimate of drug-likeness (QED) is 0.145. The lowest BCUT2D eigenvalue weighted by Gasteiger charge is -2.26. The van der Waals surface area contributed by atoms with Crippen molar-refractivity contribution in [2.45, 2.75) is 6.36 Å². The average Bonchev–Trinajstić information content (AvgIpc) is 3.64. The summed E-state index contributed by atoms with van der Waals surface area (Å²) < 4.78 is 44.8. The molecule has 10 aromatic rings. The molecule has 0 spiro atoms. The second-order valence-electron chi connectivity index (χ2n) is 14.9. The number of halogens is 3. The van der Waals surface area contributed by atoms with Gasteiger partial charge in [-0.3, -0.25) is 0 Å². The Bertz CT molecular complexity index is 3050. The molecule has 0 saturated carbocycles. The molecule has 0 unspecified atom stereocenters. The van der Waals surface area contributed by atoms with E-state index in [1.807, 2.05) is 30.3 Å². The molecule has 1 aromatic heterocycles. The van der Waals surface area contributed by atoms with Gasteiger partial charge in [0, 0.05) is 33.5 Å². The van der Waals surface area contributed by atoms with E-state index >= 15 is 0 Å². The van der Waals surface area contributed by atoms with E-state index in [4.69, 9.17) is 0 Å². The fraction of sp³-hybridized carbons (Fsp3) is 0.0182. The summed E-state index contributed by atoms with van der Waals surface area (Å²) in [7, 11) is 0. The van der Waals surface area contributed by atoms with Crippen LogP contribution < -0.4 is 9.64 Å². The summed E-state index contributed by atoms with van der Waals surface area (Å²) in [6.45, 7) is 0. The Balaban J connectivity index is 0.969. The molecule has 1 heterocycles. The third-order valence-electron chi connectivity index (χ3n) is 11.1. The van der Waals surface area contributed by atoms with Gasteiger partial charge < -0.3 is 14.2 Å². The highest BCUT2D eigenvalue weighted by atomic mass is 19.4. The molecular formula is C55H37F3N2O. The number of fused-ring (bicyclic) bond motifs is 3. The molecule has 0 atom stereocenters. The molecule has 9 aromatic carbocycles. The first-order valence-corrected chi connectivity index (χ1v) is 20.1. The van der Waals surface area contributed by atoms with Crippen molar-refractivity contribution in [1.29, 1.82) is 0 Å². The van der Waals surface area contributed by atoms with E-state index in [0.717, 1.165) is 61.7 Å². The first-order valence-electron chi connectivity index (χ1n) is 20.1. The number of para-hydroxylation sites is 2. The van der Waals surface area contributed by atoms with E-state index in [2.05, 4.69) is 184 Å². The van der Waals surface area contributed by atoms with E-state index in [0.29, 0.717) is 0 Å². The predicted molar refractivity (Wildman–Crippen MR) is 244 cm³/mol. The fourth-order valence-electron chi connectivity index (χ4n) is 8.22. The summed E-state index contributed by atoms with van der Waals surface area (Å²) in [6.07, 6.45) is -4.74. The zero-order chi connectivity index (χ0) is 41.3. The number of rotatable bonds is 9. The lowest BCUT2D eigenvalue weighted by Crippen LogP contribution is -2.16. The van der Waals surface area contributed by atoms with Crippen molar-refractivity contribution < 1.29 is 17.9 Å². The summed E-state index contributed by atoms with van der Waals surface area (Å²) in [6, 6.07) is 75.9. The maximum Gasteiger partial charge on any atom is 0.573 e. The van der Waals surface area contributed by atoms with Crippen LogP contribution in [0.25, 0.3) is 72.0 Å². The van der Waals surface area contributed by atoms with Crippen molar-refractivity contribution in [2.75, 3.05) is 4.90 Å². The second kappa shape index (κ2) is 15.7. The van der Waals surface area contributed by atoms with Gasteiger partial charge >= 0.3 is 6.36 Å². The van der Waals surface area contributed by atoms with Gasteiger partial charge in [0.05, 0.1) is 11.0 Å². The number of nitrogens with zero attached hydrogens (tertiary/aromatic N) is 2. The number of hydrogen-bond donors (Lipinski definition) is 0. The summed E-state index contributed by atoms with van der Waals surface area (Å²) in [5.74, 6) is -0.253. The van der Waals surface area contributed by atoms with Crippen LogP contribution >= 0.6 is 0 Å². The number of anilines is 3. The largest absolute Gasteiger partial charge is 0.573 e. The number of aromatic nitrogens is 1. The summed E-state index contributed by atoms with van der Waals surface area (Å²) in [4.78, 5) is 2.21. The molecular weight excluding hydrogens is 762 g/mol. The number of alkyl halides is 3. The molecule has 0 bridgehead atoms. The maximum absolute atomic E-state index is 12.8. The normalized spacial score (nSPS) is 11.5. The Morgan fingerprint density at radius 3 is 1.16 bits per heavy atom. The van der Waals surface area contributed by atoms with Crippen molar-refractivity contribution in [3.8, 4) is 55.9 Å². The highest BCUT2D eigenvalue weighted by Gasteiger charge is 2.31. The molecule has 6 heteroatoms. The second-order valence-corrected chi connectivity index (χ2v) is 14.9. The Kier molecular flexibility index (Phi) is 9.66. The Morgan fingerprint density at radius 2 is 0.705 bits per heavy atom. The third kappa shape index (κ3) is 7.63. The van der Waals surface area contributed by atoms with Crippen LogP contribution in [0.15, 0.2) is 224 Å². The minimum Gasteiger partial charge on any atom is -0.406 e. The van der Waals surface area contributed by atoms with Crippen LogP contribution in [-0.2, 0) is 0 Å². The zero-order valence-electron chi connectivity index (χ0n) is 32.8. The smallest absolute Gasteiger partial charge is 0.406 e. The van der Waals surface area contributed by atoms with Gasteiger partial charge in [-0.15, -0.1) is 13.2 Å². The molecule has 0 aliphatic carbocycles. The van der Waals surface area contributed by atoms with Crippen molar-refractivity contribution in [2.24, 2.45) is 0 Å². The number of benzene rings is 9. The lowest BCUT2D eigenvalue weighted by molar-refractivity contribution is -0.274. The van der Waals surface area contributed by atoms with E-state index in [1.54, 1.807) is 12.1 Å². The standard InChI is InChI=1S/C55H37F3N2O/c56-55(57,58)61-50-35-25-42(26-36-50)41-19-29-47(30-20-41)59(48-31-23-43(24-32-48)45-12-8-11-44(37-45)38-9-2-1-3-10-38)46-27-17-39(18-28-46)40-21-33-49(34-22-40)60-53-15-6-4-13-51(53)52-14-5-7-16-54(52)60/h1-37H. The molecule has 61 heavy (non-hydrogen) atoms. The summed E-state index contributed by atoms with van der Waals surface area (Å²) in [5, 5.41) is 2.47. The molecule has 0 amide bonds. The fourth-order valence-corrected chi connectivity index (χ4v) is 8.22. The Hall–Kier alpha value is -7.83. The van der Waals surface area contributed by atoms with Crippen LogP contribution in [-0.4, -0.2) is 10.9 Å². The summed E-state index contributed by atoms with van der Waals surface area (Å²) >= 11 is 0. The minimum atomic E-state index is -4.74. The zero-order valence-corrected chi connectivity index (χ0v) is 32.8. The molecule has 0 fully saturated rings. The molecule has 0 aliphatic heterocycles. The lowest BCUT2D eigenvalue weighted by atomic mass is 9.98. The van der Waals surface area contributed by atoms with E-state index in [1.165, 1.54) is 39.5 Å². The number of ether oxygens (including phenoxy) is 1. The van der Waals surface area contributed by atoms with E-state index in [9.17, 15) is 13.2 Å². The molecule has 0 aliphatic rings. The third-order valence-corrected chi connectivity index (χ3v) is 11.1. The number of hydrogen-bond acceptors (Lipinski definition) is 2. The Morgan fingerprint density at radius 1 is 0.344 bits per heavy atom. The highest BCUT2D eigenvalue weighted by molar-refractivity contribution is 6.09. The van der Waals surface area contributed by atoms with E-state index in [-0.39, 0.29) is 5.75 Å². The van der Waals surface area contributed by atoms with Gasteiger partial charge in [0.15, 0.2) is 0 Å². The highest BCUT2D eigenvalue weighted by Crippen LogP contribution is 2.39. The van der Waals surface area contributed by atoms with E-state index < -0.39 is 6.36 Å². The van der Waals surface area contributed by atoms with Crippen LogP contribution in [0.4, 0.5) is 30.2 Å². The van der Waals surface area contributed by atoms with Crippen LogP contribution in [0.5, 0.6) is 5.75 Å². The van der Waals surface area contributed by atoms with Crippen molar-refractivity contribution in [1.82, 2.24) is 4.57 Å². The molecule has 3 nitrogen and oxygen atoms in total. The molecule has 0 radical (unpaired) electrons. The van der Waals surface area contributed by atoms with Gasteiger partial charge in [-0.05, 0) is 123 Å². The van der Waals surface area contributed by atoms with Crippen molar-refractivity contribution >= 4 is 38.9 Å². The minimum absolute atomic E-state index is 0.253. The van der Waals surface area contributed by atoms with Crippen LogP contribution in [0.1, 0.15) is 0 Å². The molecule has 0 N–H and O–H groups in total. The first kappa shape index (κ1) is 37.4. The molecule has 0 saturated heterocycles. The molecule has 10 rings (SSSR count). The van der Waals surface area contributed by atoms with Crippen LogP contribution in [0.2, 0.25) is 0 Å². The van der Waals surface area contributed by atoms with Gasteiger partial charge in [-0.2, -0.15) is 0 Å². The monoisotopic (exact) mass is 798 g/mol. The predicted octanol–water partition coefficient (Wildman–Crippen LogP) is 15.8. The SMILES string of the molecule is FC(F)(F)Oc1ccc(-c2ccc(N(c3ccc(-c4ccc(-n5c6ccccc6c6ccccc65)cc4)cc3)c3ccc(-c4cccc(-c5ccccc5)c4)cc3)cc2)cc1. The Labute approximate surface area is 351 Å². The summed E-state index contributed by atoms with van der Waals surface area (Å²) in [5.41, 5.74) is 14.8. The first-order chi connectivity index (χ1) is 29.8.